The van der Waals surface area contributed by atoms with Crippen molar-refractivity contribution in [2.75, 3.05) is 6.61 Å². The largest absolute Gasteiger partial charge is 0.507 e. The van der Waals surface area contributed by atoms with E-state index in [1.54, 1.807) is 42.5 Å². The molecular formula is C18H19BrN2O3. The Morgan fingerprint density at radius 3 is 2.67 bits per heavy atom. The van der Waals surface area contributed by atoms with Crippen molar-refractivity contribution in [3.05, 3.63) is 58.1 Å². The first-order valence-corrected chi connectivity index (χ1v) is 8.30. The number of hydrogen-bond acceptors (Lipinski definition) is 4. The standard InChI is InChI=1S/C18H19BrN2O3/c1-12(2)11-24-16-6-3-13(4-7-16)18(23)21-20-10-14-9-15(19)5-8-17(14)22/h3-10,12,22H,11H2,1-2H3,(H,21,23)/b20-10+. The number of hydrazone groups is 1. The van der Waals surface area contributed by atoms with Crippen molar-refractivity contribution in [2.45, 2.75) is 13.8 Å². The Labute approximate surface area is 149 Å². The summed E-state index contributed by atoms with van der Waals surface area (Å²) in [5.41, 5.74) is 3.40. The fraction of sp³-hybridized carbons (Fsp3) is 0.222. The van der Waals surface area contributed by atoms with Crippen LogP contribution in [-0.4, -0.2) is 23.8 Å². The maximum absolute atomic E-state index is 12.0. The fourth-order valence-electron chi connectivity index (χ4n) is 1.82. The molecule has 0 spiro atoms. The molecule has 126 valence electrons. The van der Waals surface area contributed by atoms with E-state index in [-0.39, 0.29) is 11.7 Å². The summed E-state index contributed by atoms with van der Waals surface area (Å²) in [4.78, 5) is 12.0. The van der Waals surface area contributed by atoms with Gasteiger partial charge in [-0.2, -0.15) is 5.10 Å². The smallest absolute Gasteiger partial charge is 0.271 e. The Morgan fingerprint density at radius 2 is 2.00 bits per heavy atom. The fourth-order valence-corrected chi connectivity index (χ4v) is 2.20. The lowest BCUT2D eigenvalue weighted by molar-refractivity contribution is 0.0955. The van der Waals surface area contributed by atoms with Crippen LogP contribution in [0.4, 0.5) is 0 Å². The third kappa shape index (κ3) is 5.38. The second-order valence-electron chi connectivity index (χ2n) is 5.63. The molecule has 2 rings (SSSR count). The summed E-state index contributed by atoms with van der Waals surface area (Å²) >= 11 is 3.31. The van der Waals surface area contributed by atoms with Crippen LogP contribution in [0.25, 0.3) is 0 Å². The number of nitrogens with one attached hydrogen (secondary N) is 1. The first-order valence-electron chi connectivity index (χ1n) is 7.50. The lowest BCUT2D eigenvalue weighted by atomic mass is 10.2. The molecule has 0 aliphatic rings. The van der Waals surface area contributed by atoms with Gasteiger partial charge in [0, 0.05) is 15.6 Å². The van der Waals surface area contributed by atoms with Gasteiger partial charge in [0.1, 0.15) is 11.5 Å². The van der Waals surface area contributed by atoms with Crippen LogP contribution >= 0.6 is 15.9 Å². The van der Waals surface area contributed by atoms with Crippen LogP contribution < -0.4 is 10.2 Å². The number of carbonyl (C=O) groups is 1. The minimum absolute atomic E-state index is 0.0860. The van der Waals surface area contributed by atoms with Crippen molar-refractivity contribution in [2.24, 2.45) is 11.0 Å². The molecule has 5 nitrogen and oxygen atoms in total. The monoisotopic (exact) mass is 390 g/mol. The predicted molar refractivity (Wildman–Crippen MR) is 97.6 cm³/mol. The summed E-state index contributed by atoms with van der Waals surface area (Å²) < 4.78 is 6.38. The number of phenols is 1. The molecule has 0 atom stereocenters. The number of rotatable bonds is 6. The van der Waals surface area contributed by atoms with Gasteiger partial charge >= 0.3 is 0 Å². The molecule has 1 amide bonds. The van der Waals surface area contributed by atoms with Crippen LogP contribution in [0.2, 0.25) is 0 Å². The highest BCUT2D eigenvalue weighted by atomic mass is 79.9. The third-order valence-corrected chi connectivity index (χ3v) is 3.55. The maximum Gasteiger partial charge on any atom is 0.271 e. The van der Waals surface area contributed by atoms with Gasteiger partial charge in [0.15, 0.2) is 0 Å². The first kappa shape index (κ1) is 18.0. The Morgan fingerprint density at radius 1 is 1.29 bits per heavy atom. The van der Waals surface area contributed by atoms with E-state index in [1.165, 1.54) is 6.21 Å². The minimum atomic E-state index is -0.337. The highest BCUT2D eigenvalue weighted by Crippen LogP contribution is 2.20. The number of carbonyl (C=O) groups excluding carboxylic acids is 1. The highest BCUT2D eigenvalue weighted by molar-refractivity contribution is 9.10. The SMILES string of the molecule is CC(C)COc1ccc(C(=O)N/N=C/c2cc(Br)ccc2O)cc1. The van der Waals surface area contributed by atoms with Gasteiger partial charge < -0.3 is 9.84 Å². The van der Waals surface area contributed by atoms with E-state index in [9.17, 15) is 9.90 Å². The molecule has 0 aliphatic carbocycles. The average Bonchev–Trinajstić information content (AvgIpc) is 2.56. The molecule has 24 heavy (non-hydrogen) atoms. The van der Waals surface area contributed by atoms with Crippen LogP contribution in [0.3, 0.4) is 0 Å². The van der Waals surface area contributed by atoms with Crippen molar-refractivity contribution in [1.82, 2.24) is 5.43 Å². The van der Waals surface area contributed by atoms with Crippen molar-refractivity contribution in [1.29, 1.82) is 0 Å². The Bertz CT molecular complexity index is 728. The summed E-state index contributed by atoms with van der Waals surface area (Å²) in [5, 5.41) is 13.6. The number of amides is 1. The molecule has 0 unspecified atom stereocenters. The van der Waals surface area contributed by atoms with Gasteiger partial charge in [-0.15, -0.1) is 0 Å². The molecular weight excluding hydrogens is 372 g/mol. The van der Waals surface area contributed by atoms with E-state index >= 15 is 0 Å². The molecule has 0 bridgehead atoms. The molecule has 0 saturated heterocycles. The van der Waals surface area contributed by atoms with Crippen molar-refractivity contribution in [3.63, 3.8) is 0 Å². The molecule has 6 heteroatoms. The first-order chi connectivity index (χ1) is 11.5. The molecule has 2 aromatic carbocycles. The van der Waals surface area contributed by atoms with Crippen molar-refractivity contribution in [3.8, 4) is 11.5 Å². The van der Waals surface area contributed by atoms with Gasteiger partial charge in [-0.05, 0) is 48.4 Å². The maximum atomic E-state index is 12.0. The van der Waals surface area contributed by atoms with Gasteiger partial charge in [-0.3, -0.25) is 4.79 Å². The zero-order valence-corrected chi connectivity index (χ0v) is 15.1. The second-order valence-corrected chi connectivity index (χ2v) is 6.55. The van der Waals surface area contributed by atoms with Crippen molar-refractivity contribution >= 4 is 28.1 Å². The van der Waals surface area contributed by atoms with Crippen LogP contribution in [-0.2, 0) is 0 Å². The number of ether oxygens (including phenoxy) is 1. The van der Waals surface area contributed by atoms with E-state index < -0.39 is 0 Å². The predicted octanol–water partition coefficient (Wildman–Crippen LogP) is 3.95. The Hall–Kier alpha value is -2.34. The second kappa shape index (κ2) is 8.49. The molecule has 2 aromatic rings. The van der Waals surface area contributed by atoms with Gasteiger partial charge in [0.05, 0.1) is 12.8 Å². The number of halogens is 1. The number of hydrogen-bond donors (Lipinski definition) is 2. The summed E-state index contributed by atoms with van der Waals surface area (Å²) in [6.45, 7) is 4.78. The quantitative estimate of drug-likeness (QED) is 0.579. The molecule has 0 aliphatic heterocycles. The zero-order valence-electron chi connectivity index (χ0n) is 13.5. The van der Waals surface area contributed by atoms with Crippen molar-refractivity contribution < 1.29 is 14.6 Å². The molecule has 0 aromatic heterocycles. The molecule has 0 fully saturated rings. The number of phenolic OH excluding ortho intramolecular Hbond substituents is 1. The van der Waals surface area contributed by atoms with Gasteiger partial charge in [0.2, 0.25) is 0 Å². The molecule has 0 heterocycles. The van der Waals surface area contributed by atoms with Crippen LogP contribution in [0, 0.1) is 5.92 Å². The topological polar surface area (TPSA) is 70.9 Å². The normalized spacial score (nSPS) is 11.0. The van der Waals surface area contributed by atoms with E-state index in [1.807, 2.05) is 0 Å². The lowest BCUT2D eigenvalue weighted by Crippen LogP contribution is -2.17. The summed E-state index contributed by atoms with van der Waals surface area (Å²) in [7, 11) is 0. The van der Waals surface area contributed by atoms with Gasteiger partial charge in [0.25, 0.3) is 5.91 Å². The lowest BCUT2D eigenvalue weighted by Gasteiger charge is -2.08. The summed E-state index contributed by atoms with van der Waals surface area (Å²) in [6.07, 6.45) is 1.39. The van der Waals surface area contributed by atoms with Crippen LogP contribution in [0.1, 0.15) is 29.8 Å². The summed E-state index contributed by atoms with van der Waals surface area (Å²) in [6, 6.07) is 11.8. The van der Waals surface area contributed by atoms with Crippen LogP contribution in [0.5, 0.6) is 11.5 Å². The molecule has 0 radical (unpaired) electrons. The third-order valence-electron chi connectivity index (χ3n) is 3.06. The number of nitrogens with zero attached hydrogens (tertiary/aromatic N) is 1. The van der Waals surface area contributed by atoms with Gasteiger partial charge in [-0.25, -0.2) is 5.43 Å². The highest BCUT2D eigenvalue weighted by Gasteiger charge is 2.05. The minimum Gasteiger partial charge on any atom is -0.507 e. The van der Waals surface area contributed by atoms with E-state index in [0.29, 0.717) is 23.7 Å². The van der Waals surface area contributed by atoms with E-state index in [2.05, 4.69) is 40.3 Å². The Kier molecular flexibility index (Phi) is 6.37. The van der Waals surface area contributed by atoms with Gasteiger partial charge in [-0.1, -0.05) is 29.8 Å². The van der Waals surface area contributed by atoms with E-state index in [0.717, 1.165) is 10.2 Å². The zero-order chi connectivity index (χ0) is 17.5. The average molecular weight is 391 g/mol. The summed E-state index contributed by atoms with van der Waals surface area (Å²) in [5.74, 6) is 0.915. The number of benzene rings is 2. The molecule has 2 N–H and O–H groups in total. The van der Waals surface area contributed by atoms with Crippen LogP contribution in [0.15, 0.2) is 52.0 Å². The van der Waals surface area contributed by atoms with E-state index in [4.69, 9.17) is 4.74 Å². The number of aromatic hydroxyl groups is 1. The Balaban J connectivity index is 1.94. The molecule has 0 saturated carbocycles.